The molecule has 0 atom stereocenters. The van der Waals surface area contributed by atoms with E-state index in [1.54, 1.807) is 0 Å². The second-order valence-corrected chi connectivity index (χ2v) is 15.1. The molecule has 0 spiro atoms. The summed E-state index contributed by atoms with van der Waals surface area (Å²) >= 11 is 0. The van der Waals surface area contributed by atoms with E-state index in [-0.39, 0.29) is 0 Å². The second kappa shape index (κ2) is 14.3. The highest BCUT2D eigenvalue weighted by Crippen LogP contribution is 2.43. The van der Waals surface area contributed by atoms with Crippen LogP contribution < -0.4 is 4.90 Å². The van der Waals surface area contributed by atoms with Gasteiger partial charge in [-0.15, -0.1) is 0 Å². The lowest BCUT2D eigenvalue weighted by Crippen LogP contribution is -2.19. The monoisotopic (exact) mass is 741 g/mol. The summed E-state index contributed by atoms with van der Waals surface area (Å²) in [6, 6.07) is 72.4. The topological polar surface area (TPSA) is 16.4 Å². The van der Waals surface area contributed by atoms with E-state index in [2.05, 4.69) is 211 Å². The molecule has 1 aliphatic rings. The molecule has 2 nitrogen and oxygen atoms in total. The normalized spacial score (nSPS) is 12.9. The molecular weight excluding hydrogens is 703 g/mol. The van der Waals surface area contributed by atoms with E-state index in [0.29, 0.717) is 0 Å². The molecule has 11 rings (SSSR count). The average Bonchev–Trinajstić information content (AvgIpc) is 3.68. The zero-order chi connectivity index (χ0) is 38.4. The first-order valence-electron chi connectivity index (χ1n) is 20.2. The third-order valence-corrected chi connectivity index (χ3v) is 11.7. The van der Waals surface area contributed by atoms with Crippen molar-refractivity contribution in [3.63, 3.8) is 0 Å². The number of benzene rings is 9. The smallest absolute Gasteiger partial charge is 0.136 e. The molecule has 0 saturated carbocycles. The zero-order valence-electron chi connectivity index (χ0n) is 32.0. The van der Waals surface area contributed by atoms with Gasteiger partial charge in [0, 0.05) is 33.4 Å². The van der Waals surface area contributed by atoms with Crippen molar-refractivity contribution in [3.8, 4) is 33.4 Å². The van der Waals surface area contributed by atoms with E-state index < -0.39 is 0 Å². The van der Waals surface area contributed by atoms with Crippen LogP contribution in [-0.2, 0) is 0 Å². The van der Waals surface area contributed by atoms with E-state index in [9.17, 15) is 0 Å². The first kappa shape index (κ1) is 33.9. The van der Waals surface area contributed by atoms with Crippen LogP contribution in [0.3, 0.4) is 0 Å². The molecule has 0 amide bonds. The SMILES string of the molecule is C1=C(c2ccc3c(c2)oc2ccccc23)C(N(c2ccc(-c3cccc4c3ccc3ccccc34)cc2)c2cccc(-c3ccccc3-c3ccccc3)c2)=CCC1. The van der Waals surface area contributed by atoms with Crippen LogP contribution in [0.4, 0.5) is 11.4 Å². The van der Waals surface area contributed by atoms with Crippen LogP contribution in [0.2, 0.25) is 0 Å². The molecule has 1 aromatic heterocycles. The van der Waals surface area contributed by atoms with Gasteiger partial charge in [0.25, 0.3) is 0 Å². The van der Waals surface area contributed by atoms with Crippen molar-refractivity contribution in [2.24, 2.45) is 0 Å². The summed E-state index contributed by atoms with van der Waals surface area (Å²) in [5.41, 5.74) is 14.8. The number of hydrogen-bond acceptors (Lipinski definition) is 2. The first-order valence-corrected chi connectivity index (χ1v) is 20.2. The van der Waals surface area contributed by atoms with E-state index >= 15 is 0 Å². The van der Waals surface area contributed by atoms with Gasteiger partial charge >= 0.3 is 0 Å². The number of fused-ring (bicyclic) bond motifs is 6. The predicted octanol–water partition coefficient (Wildman–Crippen LogP) is 15.8. The number of para-hydroxylation sites is 1. The summed E-state index contributed by atoms with van der Waals surface area (Å²) in [7, 11) is 0. The van der Waals surface area contributed by atoms with Gasteiger partial charge in [-0.2, -0.15) is 0 Å². The van der Waals surface area contributed by atoms with Crippen molar-refractivity contribution < 1.29 is 4.42 Å². The van der Waals surface area contributed by atoms with Gasteiger partial charge in [0.2, 0.25) is 0 Å². The fourth-order valence-corrected chi connectivity index (χ4v) is 8.96. The number of furan rings is 1. The summed E-state index contributed by atoms with van der Waals surface area (Å²) in [5.74, 6) is 0. The van der Waals surface area contributed by atoms with Gasteiger partial charge < -0.3 is 9.32 Å². The van der Waals surface area contributed by atoms with Gasteiger partial charge in [0.15, 0.2) is 0 Å². The summed E-state index contributed by atoms with van der Waals surface area (Å²) < 4.78 is 6.41. The highest BCUT2D eigenvalue weighted by Gasteiger charge is 2.23. The molecule has 0 bridgehead atoms. The molecule has 2 heteroatoms. The molecule has 10 aromatic rings. The maximum atomic E-state index is 6.41. The Morgan fingerprint density at radius 1 is 0.345 bits per heavy atom. The number of nitrogens with zero attached hydrogens (tertiary/aromatic N) is 1. The minimum Gasteiger partial charge on any atom is -0.456 e. The Bertz CT molecular complexity index is 3220. The van der Waals surface area contributed by atoms with Crippen molar-refractivity contribution in [2.75, 3.05) is 4.90 Å². The maximum Gasteiger partial charge on any atom is 0.136 e. The molecule has 274 valence electrons. The van der Waals surface area contributed by atoms with E-state index in [1.807, 2.05) is 6.07 Å². The quantitative estimate of drug-likeness (QED) is 0.151. The van der Waals surface area contributed by atoms with Crippen LogP contribution >= 0.6 is 0 Å². The lowest BCUT2D eigenvalue weighted by Gasteiger charge is -2.32. The van der Waals surface area contributed by atoms with Crippen LogP contribution in [0.5, 0.6) is 0 Å². The van der Waals surface area contributed by atoms with Crippen molar-refractivity contribution in [1.82, 2.24) is 0 Å². The minimum absolute atomic E-state index is 0.905. The Hall–Kier alpha value is -7.42. The average molecular weight is 742 g/mol. The van der Waals surface area contributed by atoms with Crippen molar-refractivity contribution in [3.05, 3.63) is 224 Å². The molecule has 1 aliphatic carbocycles. The summed E-state index contributed by atoms with van der Waals surface area (Å²) in [6.07, 6.45) is 6.74. The third kappa shape index (κ3) is 5.90. The lowest BCUT2D eigenvalue weighted by atomic mass is 9.92. The van der Waals surface area contributed by atoms with Crippen LogP contribution in [0.15, 0.2) is 222 Å². The molecule has 0 radical (unpaired) electrons. The van der Waals surface area contributed by atoms with Crippen LogP contribution in [0.1, 0.15) is 18.4 Å². The number of hydrogen-bond donors (Lipinski definition) is 0. The van der Waals surface area contributed by atoms with E-state index in [0.717, 1.165) is 51.7 Å². The second-order valence-electron chi connectivity index (χ2n) is 15.1. The first-order chi connectivity index (χ1) is 28.8. The fourth-order valence-electron chi connectivity index (χ4n) is 8.96. The lowest BCUT2D eigenvalue weighted by molar-refractivity contribution is 0.669. The molecule has 9 aromatic carbocycles. The largest absolute Gasteiger partial charge is 0.456 e. The highest BCUT2D eigenvalue weighted by molar-refractivity contribution is 6.12. The molecule has 0 aliphatic heterocycles. The van der Waals surface area contributed by atoms with Crippen molar-refractivity contribution >= 4 is 60.4 Å². The highest BCUT2D eigenvalue weighted by atomic mass is 16.3. The van der Waals surface area contributed by atoms with Gasteiger partial charge in [0.05, 0.1) is 0 Å². The zero-order valence-corrected chi connectivity index (χ0v) is 32.0. The van der Waals surface area contributed by atoms with Crippen LogP contribution in [0.25, 0.3) is 82.4 Å². The van der Waals surface area contributed by atoms with E-state index in [4.69, 9.17) is 4.42 Å². The molecule has 0 unspecified atom stereocenters. The minimum atomic E-state index is 0.905. The number of anilines is 2. The fraction of sp³-hybridized carbons (Fsp3) is 0.0357. The molecule has 1 heterocycles. The van der Waals surface area contributed by atoms with Crippen LogP contribution in [0, 0.1) is 0 Å². The Kier molecular flexibility index (Phi) is 8.33. The Morgan fingerprint density at radius 3 is 1.84 bits per heavy atom. The van der Waals surface area contributed by atoms with E-state index in [1.165, 1.54) is 66.2 Å². The third-order valence-electron chi connectivity index (χ3n) is 11.7. The Labute approximate surface area is 338 Å². The Morgan fingerprint density at radius 2 is 0.966 bits per heavy atom. The molecule has 0 fully saturated rings. The van der Waals surface area contributed by atoms with Crippen LogP contribution in [-0.4, -0.2) is 0 Å². The standard InChI is InChI=1S/C56H39NO/c1-2-14-38(15-3-1)45-19-6-7-21-48(45)41-17-12-18-44(36-41)57(54-26-10-8-22-49(54)42-31-35-53-52-23-9-11-27-55(52)58-56(53)37-42)43-32-28-40(29-33-43)47-24-13-25-50-46-20-5-4-16-39(46)30-34-51(47)50/h1-7,9,11-37H,8,10H2. The van der Waals surface area contributed by atoms with Gasteiger partial charge in [-0.05, 0) is 116 Å². The van der Waals surface area contributed by atoms with Crippen molar-refractivity contribution in [1.29, 1.82) is 0 Å². The number of allylic oxidation sites excluding steroid dienone is 3. The Balaban J connectivity index is 1.05. The van der Waals surface area contributed by atoms with Gasteiger partial charge in [-0.1, -0.05) is 170 Å². The summed E-state index contributed by atoms with van der Waals surface area (Å²) in [5, 5.41) is 7.36. The molecule has 0 N–H and O–H groups in total. The molecule has 0 saturated heterocycles. The van der Waals surface area contributed by atoms with Gasteiger partial charge in [-0.3, -0.25) is 0 Å². The number of rotatable bonds is 7. The summed E-state index contributed by atoms with van der Waals surface area (Å²) in [4.78, 5) is 2.45. The molecular formula is C56H39NO. The van der Waals surface area contributed by atoms with Crippen molar-refractivity contribution in [2.45, 2.75) is 12.8 Å². The van der Waals surface area contributed by atoms with Gasteiger partial charge in [0.1, 0.15) is 11.2 Å². The molecule has 58 heavy (non-hydrogen) atoms. The maximum absolute atomic E-state index is 6.41. The predicted molar refractivity (Wildman–Crippen MR) is 245 cm³/mol. The van der Waals surface area contributed by atoms with Gasteiger partial charge in [-0.25, -0.2) is 0 Å². The summed E-state index contributed by atoms with van der Waals surface area (Å²) in [6.45, 7) is 0.